The Morgan fingerprint density at radius 1 is 0.789 bits per heavy atom. The van der Waals surface area contributed by atoms with Crippen LogP contribution >= 0.6 is 0 Å². The van der Waals surface area contributed by atoms with Crippen LogP contribution < -0.4 is 20.1 Å². The van der Waals surface area contributed by atoms with E-state index in [-0.39, 0.29) is 5.91 Å². The van der Waals surface area contributed by atoms with Gasteiger partial charge in [-0.3, -0.25) is 9.69 Å². The first kappa shape index (κ1) is 25.1. The number of amides is 1. The van der Waals surface area contributed by atoms with Gasteiger partial charge in [0.25, 0.3) is 5.91 Å². The zero-order valence-corrected chi connectivity index (χ0v) is 21.8. The molecule has 38 heavy (non-hydrogen) atoms. The Morgan fingerprint density at radius 2 is 1.37 bits per heavy atom. The third-order valence-corrected chi connectivity index (χ3v) is 6.55. The number of fused-ring (bicyclic) bond motifs is 1. The Hall–Kier alpha value is -4.55. The molecule has 1 aliphatic rings. The van der Waals surface area contributed by atoms with Crippen molar-refractivity contribution in [3.8, 4) is 11.5 Å². The molecule has 0 radical (unpaired) electrons. The van der Waals surface area contributed by atoms with Crippen molar-refractivity contribution in [2.45, 2.75) is 13.1 Å². The number of nitrogens with one attached hydrogen (secondary N) is 2. The summed E-state index contributed by atoms with van der Waals surface area (Å²) in [5.41, 5.74) is 7.04. The van der Waals surface area contributed by atoms with Crippen LogP contribution in [0.15, 0.2) is 97.1 Å². The van der Waals surface area contributed by atoms with E-state index in [9.17, 15) is 4.79 Å². The van der Waals surface area contributed by atoms with Crippen LogP contribution in [0.2, 0.25) is 0 Å². The van der Waals surface area contributed by atoms with E-state index < -0.39 is 0 Å². The number of methoxy groups -OCH3 is 2. The fourth-order valence-electron chi connectivity index (χ4n) is 4.73. The maximum atomic E-state index is 13.3. The van der Waals surface area contributed by atoms with Crippen LogP contribution in [0.3, 0.4) is 0 Å². The fraction of sp³-hybridized carbons (Fsp3) is 0.156. The summed E-state index contributed by atoms with van der Waals surface area (Å²) in [5.74, 6) is 0.951. The highest BCUT2D eigenvalue weighted by Crippen LogP contribution is 2.43. The van der Waals surface area contributed by atoms with Crippen molar-refractivity contribution in [1.82, 2.24) is 4.90 Å². The summed E-state index contributed by atoms with van der Waals surface area (Å²) in [6.07, 6.45) is 0. The summed E-state index contributed by atoms with van der Waals surface area (Å²) < 4.78 is 11.0. The van der Waals surface area contributed by atoms with Gasteiger partial charge in [-0.05, 0) is 41.9 Å². The molecule has 0 aromatic heterocycles. The predicted molar refractivity (Wildman–Crippen MR) is 153 cm³/mol. The highest BCUT2D eigenvalue weighted by atomic mass is 16.5. The van der Waals surface area contributed by atoms with Crippen molar-refractivity contribution in [3.05, 3.63) is 119 Å². The largest absolute Gasteiger partial charge is 0.493 e. The molecule has 1 aliphatic heterocycles. The monoisotopic (exact) mass is 505 g/mol. The van der Waals surface area contributed by atoms with Crippen LogP contribution in [0, 0.1) is 0 Å². The van der Waals surface area contributed by atoms with Crippen molar-refractivity contribution < 1.29 is 14.3 Å². The van der Waals surface area contributed by atoms with Gasteiger partial charge in [0.15, 0.2) is 11.5 Å². The topological polar surface area (TPSA) is 62.8 Å². The van der Waals surface area contributed by atoms with Gasteiger partial charge in [-0.2, -0.15) is 0 Å². The fourth-order valence-corrected chi connectivity index (χ4v) is 4.73. The van der Waals surface area contributed by atoms with Crippen LogP contribution in [-0.4, -0.2) is 32.1 Å². The molecule has 0 unspecified atom stereocenters. The molecule has 0 fully saturated rings. The Morgan fingerprint density at radius 3 is 2.00 bits per heavy atom. The van der Waals surface area contributed by atoms with E-state index in [4.69, 9.17) is 9.47 Å². The molecule has 4 aromatic carbocycles. The standard InChI is InChI=1S/C32H31N3O3/c1-35(20-22-10-6-4-7-11-22)21-23-14-16-25(17-15-23)33-31(24-12-8-5-9-13-24)30-26-18-28(37-2)29(38-3)19-27(26)34-32(30)36/h4-19,33H,20-21H2,1-3H3,(H,34,36)/b31-30-. The smallest absolute Gasteiger partial charge is 0.258 e. The number of rotatable bonds is 9. The highest BCUT2D eigenvalue weighted by molar-refractivity contribution is 6.37. The normalized spacial score (nSPS) is 13.6. The average Bonchev–Trinajstić information content (AvgIpc) is 3.27. The zero-order chi connectivity index (χ0) is 26.5. The second-order valence-electron chi connectivity index (χ2n) is 9.30. The van der Waals surface area contributed by atoms with E-state index in [0.29, 0.717) is 22.8 Å². The van der Waals surface area contributed by atoms with Gasteiger partial charge >= 0.3 is 0 Å². The minimum atomic E-state index is -0.180. The second kappa shape index (κ2) is 11.2. The second-order valence-corrected chi connectivity index (χ2v) is 9.30. The quantitative estimate of drug-likeness (QED) is 0.263. The summed E-state index contributed by atoms with van der Waals surface area (Å²) in [7, 11) is 5.29. The lowest BCUT2D eigenvalue weighted by Gasteiger charge is -2.18. The van der Waals surface area contributed by atoms with Gasteiger partial charge in [0.1, 0.15) is 0 Å². The van der Waals surface area contributed by atoms with Gasteiger partial charge in [0.05, 0.1) is 31.2 Å². The van der Waals surface area contributed by atoms with Crippen molar-refractivity contribution in [2.24, 2.45) is 0 Å². The maximum Gasteiger partial charge on any atom is 0.258 e. The molecule has 192 valence electrons. The van der Waals surface area contributed by atoms with Crippen LogP contribution in [0.25, 0.3) is 11.3 Å². The molecule has 6 nitrogen and oxygen atoms in total. The van der Waals surface area contributed by atoms with Crippen molar-refractivity contribution in [1.29, 1.82) is 0 Å². The van der Waals surface area contributed by atoms with E-state index >= 15 is 0 Å². The Balaban J connectivity index is 1.44. The number of benzene rings is 4. The predicted octanol–water partition coefficient (Wildman–Crippen LogP) is 6.27. The van der Waals surface area contributed by atoms with Crippen molar-refractivity contribution >= 4 is 28.6 Å². The molecular weight excluding hydrogens is 474 g/mol. The molecule has 1 heterocycles. The number of ether oxygens (including phenoxy) is 2. The van der Waals surface area contributed by atoms with Gasteiger partial charge in [0.2, 0.25) is 0 Å². The van der Waals surface area contributed by atoms with E-state index in [1.54, 1.807) is 20.3 Å². The molecule has 0 bridgehead atoms. The summed E-state index contributed by atoms with van der Waals surface area (Å²) in [4.78, 5) is 15.6. The van der Waals surface area contributed by atoms with Gasteiger partial charge in [0, 0.05) is 30.4 Å². The van der Waals surface area contributed by atoms with Gasteiger partial charge in [-0.1, -0.05) is 72.8 Å². The average molecular weight is 506 g/mol. The Labute approximate surface area is 223 Å². The van der Waals surface area contributed by atoms with Crippen molar-refractivity contribution in [2.75, 3.05) is 31.9 Å². The molecule has 0 saturated carbocycles. The third-order valence-electron chi connectivity index (χ3n) is 6.55. The first-order valence-corrected chi connectivity index (χ1v) is 12.5. The molecule has 0 aliphatic carbocycles. The highest BCUT2D eigenvalue weighted by Gasteiger charge is 2.30. The summed E-state index contributed by atoms with van der Waals surface area (Å²) >= 11 is 0. The first-order chi connectivity index (χ1) is 18.6. The number of carbonyl (C=O) groups excluding carboxylic acids is 1. The van der Waals surface area contributed by atoms with E-state index in [1.165, 1.54) is 11.1 Å². The minimum absolute atomic E-state index is 0.180. The van der Waals surface area contributed by atoms with E-state index in [1.807, 2.05) is 42.5 Å². The number of nitrogens with zero attached hydrogens (tertiary/aromatic N) is 1. The molecule has 6 heteroatoms. The Kier molecular flexibility index (Phi) is 7.43. The van der Waals surface area contributed by atoms with E-state index in [2.05, 4.69) is 71.1 Å². The first-order valence-electron chi connectivity index (χ1n) is 12.5. The number of hydrogen-bond donors (Lipinski definition) is 2. The lowest BCUT2D eigenvalue weighted by atomic mass is 9.99. The van der Waals surface area contributed by atoms with Crippen LogP contribution in [0.4, 0.5) is 11.4 Å². The molecule has 1 amide bonds. The lowest BCUT2D eigenvalue weighted by Crippen LogP contribution is -2.17. The SMILES string of the molecule is COc1cc2c(cc1OC)/C(=C(/Nc1ccc(CN(C)Cc3ccccc3)cc1)c1ccccc1)C(=O)N2. The number of hydrogen-bond acceptors (Lipinski definition) is 5. The molecule has 0 atom stereocenters. The van der Waals surface area contributed by atoms with Gasteiger partial charge < -0.3 is 20.1 Å². The minimum Gasteiger partial charge on any atom is -0.493 e. The lowest BCUT2D eigenvalue weighted by molar-refractivity contribution is -0.110. The van der Waals surface area contributed by atoms with Gasteiger partial charge in [-0.25, -0.2) is 0 Å². The molecule has 0 spiro atoms. The number of anilines is 2. The molecule has 0 saturated heterocycles. The Bertz CT molecular complexity index is 1450. The molecule has 4 aromatic rings. The van der Waals surface area contributed by atoms with Crippen LogP contribution in [-0.2, 0) is 17.9 Å². The summed E-state index contributed by atoms with van der Waals surface area (Å²) in [6, 6.07) is 32.3. The van der Waals surface area contributed by atoms with Crippen LogP contribution in [0.5, 0.6) is 11.5 Å². The molecule has 5 rings (SSSR count). The third kappa shape index (κ3) is 5.41. The summed E-state index contributed by atoms with van der Waals surface area (Å²) in [5, 5.41) is 6.51. The maximum absolute atomic E-state index is 13.3. The van der Waals surface area contributed by atoms with Crippen LogP contribution in [0.1, 0.15) is 22.3 Å². The summed E-state index contributed by atoms with van der Waals surface area (Å²) in [6.45, 7) is 1.72. The zero-order valence-electron chi connectivity index (χ0n) is 21.8. The number of carbonyl (C=O) groups is 1. The van der Waals surface area contributed by atoms with Gasteiger partial charge in [-0.15, -0.1) is 0 Å². The van der Waals surface area contributed by atoms with Crippen molar-refractivity contribution in [3.63, 3.8) is 0 Å². The van der Waals surface area contributed by atoms with E-state index in [0.717, 1.165) is 35.6 Å². The molecule has 2 N–H and O–H groups in total. The molecular formula is C32H31N3O3.